The Kier molecular flexibility index (Phi) is 3.77. The molecule has 1 aromatic carbocycles. The van der Waals surface area contributed by atoms with E-state index < -0.39 is 0 Å². The summed E-state index contributed by atoms with van der Waals surface area (Å²) in [5.74, 6) is 2.12. The summed E-state index contributed by atoms with van der Waals surface area (Å²) in [6, 6.07) is 10.0. The van der Waals surface area contributed by atoms with Crippen molar-refractivity contribution in [1.29, 1.82) is 0 Å². The number of methoxy groups -OCH3 is 1. The van der Waals surface area contributed by atoms with Crippen LogP contribution < -0.4 is 20.3 Å². The van der Waals surface area contributed by atoms with Crippen molar-refractivity contribution in [3.05, 3.63) is 36.5 Å². The van der Waals surface area contributed by atoms with Gasteiger partial charge in [0.05, 0.1) is 12.8 Å². The number of nitrogen functional groups attached to an aromatic ring is 1. The van der Waals surface area contributed by atoms with E-state index in [2.05, 4.69) is 25.8 Å². The van der Waals surface area contributed by atoms with Crippen LogP contribution in [0.2, 0.25) is 0 Å². The first kappa shape index (κ1) is 13.5. The van der Waals surface area contributed by atoms with Crippen LogP contribution in [0.15, 0.2) is 36.5 Å². The van der Waals surface area contributed by atoms with Crippen LogP contribution in [0.1, 0.15) is 0 Å². The van der Waals surface area contributed by atoms with Gasteiger partial charge in [-0.1, -0.05) is 12.1 Å². The molecule has 2 aromatic rings. The zero-order valence-corrected chi connectivity index (χ0v) is 12.1. The number of benzene rings is 1. The molecule has 6 nitrogen and oxygen atoms in total. The van der Waals surface area contributed by atoms with E-state index in [0.29, 0.717) is 5.95 Å². The number of aromatic nitrogens is 2. The lowest BCUT2D eigenvalue weighted by Gasteiger charge is -2.37. The van der Waals surface area contributed by atoms with E-state index >= 15 is 0 Å². The highest BCUT2D eigenvalue weighted by atomic mass is 16.5. The first-order valence-electron chi connectivity index (χ1n) is 6.99. The lowest BCUT2D eigenvalue weighted by Crippen LogP contribution is -2.47. The van der Waals surface area contributed by atoms with Crippen LogP contribution >= 0.6 is 0 Å². The van der Waals surface area contributed by atoms with E-state index in [1.54, 1.807) is 13.3 Å². The van der Waals surface area contributed by atoms with Crippen molar-refractivity contribution in [2.75, 3.05) is 48.8 Å². The molecule has 0 atom stereocenters. The first-order chi connectivity index (χ1) is 10.3. The number of hydrogen-bond acceptors (Lipinski definition) is 6. The minimum atomic E-state index is 0.319. The predicted octanol–water partition coefficient (Wildman–Crippen LogP) is 1.39. The number of nitrogens with two attached hydrogens (primary N) is 1. The monoisotopic (exact) mass is 285 g/mol. The maximum absolute atomic E-state index is 5.65. The number of rotatable bonds is 3. The Balaban J connectivity index is 1.70. The average Bonchev–Trinajstić information content (AvgIpc) is 2.55. The van der Waals surface area contributed by atoms with Crippen LogP contribution in [0, 0.1) is 0 Å². The molecule has 0 aliphatic carbocycles. The Hall–Kier alpha value is -2.50. The van der Waals surface area contributed by atoms with E-state index in [-0.39, 0.29) is 0 Å². The molecule has 2 N–H and O–H groups in total. The van der Waals surface area contributed by atoms with Crippen LogP contribution in [-0.4, -0.2) is 43.3 Å². The van der Waals surface area contributed by atoms with E-state index in [9.17, 15) is 0 Å². The molecular weight excluding hydrogens is 266 g/mol. The minimum absolute atomic E-state index is 0.319. The summed E-state index contributed by atoms with van der Waals surface area (Å²) >= 11 is 0. The lowest BCUT2D eigenvalue weighted by atomic mass is 10.2. The second-order valence-corrected chi connectivity index (χ2v) is 4.92. The molecule has 0 spiro atoms. The van der Waals surface area contributed by atoms with Crippen molar-refractivity contribution in [2.24, 2.45) is 0 Å². The molecule has 0 bridgehead atoms. The molecule has 3 rings (SSSR count). The number of nitrogens with zero attached hydrogens (tertiary/aromatic N) is 4. The normalized spacial score (nSPS) is 15.1. The van der Waals surface area contributed by atoms with Gasteiger partial charge in [-0.3, -0.25) is 0 Å². The Labute approximate surface area is 124 Å². The van der Waals surface area contributed by atoms with Crippen molar-refractivity contribution in [2.45, 2.75) is 0 Å². The van der Waals surface area contributed by atoms with Crippen LogP contribution in [0.3, 0.4) is 0 Å². The largest absolute Gasteiger partial charge is 0.495 e. The fourth-order valence-electron chi connectivity index (χ4n) is 2.61. The summed E-state index contributed by atoms with van der Waals surface area (Å²) < 4.78 is 5.43. The molecule has 1 aliphatic rings. The quantitative estimate of drug-likeness (QED) is 0.919. The highest BCUT2D eigenvalue weighted by molar-refractivity contribution is 5.59. The Bertz CT molecular complexity index is 611. The van der Waals surface area contributed by atoms with Gasteiger partial charge in [0.2, 0.25) is 5.95 Å². The fourth-order valence-corrected chi connectivity index (χ4v) is 2.61. The van der Waals surface area contributed by atoms with E-state index in [1.807, 2.05) is 24.3 Å². The van der Waals surface area contributed by atoms with E-state index in [1.165, 1.54) is 0 Å². The smallest absolute Gasteiger partial charge is 0.221 e. The molecule has 2 heterocycles. The topological polar surface area (TPSA) is 67.5 Å². The van der Waals surface area contributed by atoms with Gasteiger partial charge in [-0.05, 0) is 18.2 Å². The summed E-state index contributed by atoms with van der Waals surface area (Å²) in [6.45, 7) is 3.64. The molecule has 1 aromatic heterocycles. The van der Waals surface area contributed by atoms with E-state index in [4.69, 9.17) is 10.5 Å². The van der Waals surface area contributed by atoms with Gasteiger partial charge in [-0.2, -0.15) is 4.98 Å². The molecular formula is C15H19N5O. The molecule has 1 aliphatic heterocycles. The third kappa shape index (κ3) is 2.84. The highest BCUT2D eigenvalue weighted by Crippen LogP contribution is 2.28. The van der Waals surface area contributed by atoms with Gasteiger partial charge in [-0.15, -0.1) is 0 Å². The van der Waals surface area contributed by atoms with E-state index in [0.717, 1.165) is 43.4 Å². The van der Waals surface area contributed by atoms with Crippen molar-refractivity contribution >= 4 is 17.5 Å². The van der Waals surface area contributed by atoms with Crippen LogP contribution in [-0.2, 0) is 0 Å². The second kappa shape index (κ2) is 5.87. The SMILES string of the molecule is COc1ccccc1N1CCN(c2ccnc(N)n2)CC1. The molecule has 6 heteroatoms. The van der Waals surface area contributed by atoms with Gasteiger partial charge < -0.3 is 20.3 Å². The van der Waals surface area contributed by atoms with Crippen molar-refractivity contribution in [3.63, 3.8) is 0 Å². The molecule has 1 fully saturated rings. The van der Waals surface area contributed by atoms with Crippen LogP contribution in [0.25, 0.3) is 0 Å². The molecule has 1 saturated heterocycles. The molecule has 0 amide bonds. The Morgan fingerprint density at radius 2 is 1.76 bits per heavy atom. The van der Waals surface area contributed by atoms with Gasteiger partial charge in [0.15, 0.2) is 0 Å². The number of hydrogen-bond donors (Lipinski definition) is 1. The zero-order valence-electron chi connectivity index (χ0n) is 12.1. The lowest BCUT2D eigenvalue weighted by molar-refractivity contribution is 0.413. The number of ether oxygens (including phenoxy) is 1. The number of piperazine rings is 1. The standard InChI is InChI=1S/C15H19N5O/c1-21-13-5-3-2-4-12(13)19-8-10-20(11-9-19)14-6-7-17-15(16)18-14/h2-7H,8-11H2,1H3,(H2,16,17,18). The molecule has 110 valence electrons. The Morgan fingerprint density at radius 1 is 1.05 bits per heavy atom. The second-order valence-electron chi connectivity index (χ2n) is 4.92. The van der Waals surface area contributed by atoms with Gasteiger partial charge in [0, 0.05) is 32.4 Å². The van der Waals surface area contributed by atoms with Gasteiger partial charge in [-0.25, -0.2) is 4.98 Å². The third-order valence-electron chi connectivity index (χ3n) is 3.69. The molecule has 0 saturated carbocycles. The molecule has 21 heavy (non-hydrogen) atoms. The van der Waals surface area contributed by atoms with Crippen LogP contribution in [0.5, 0.6) is 5.75 Å². The Morgan fingerprint density at radius 3 is 2.48 bits per heavy atom. The van der Waals surface area contributed by atoms with Gasteiger partial charge in [0.1, 0.15) is 11.6 Å². The fraction of sp³-hybridized carbons (Fsp3) is 0.333. The summed E-state index contributed by atoms with van der Waals surface area (Å²) in [6.07, 6.45) is 1.70. The summed E-state index contributed by atoms with van der Waals surface area (Å²) in [5.41, 5.74) is 6.79. The average molecular weight is 285 g/mol. The maximum Gasteiger partial charge on any atom is 0.221 e. The minimum Gasteiger partial charge on any atom is -0.495 e. The predicted molar refractivity (Wildman–Crippen MR) is 83.9 cm³/mol. The van der Waals surface area contributed by atoms with Crippen LogP contribution in [0.4, 0.5) is 17.5 Å². The summed E-state index contributed by atoms with van der Waals surface area (Å²) in [5, 5.41) is 0. The summed E-state index contributed by atoms with van der Waals surface area (Å²) in [7, 11) is 1.71. The number of anilines is 3. The zero-order chi connectivity index (χ0) is 14.7. The molecule has 0 unspecified atom stereocenters. The highest BCUT2D eigenvalue weighted by Gasteiger charge is 2.20. The number of para-hydroxylation sites is 2. The van der Waals surface area contributed by atoms with Gasteiger partial charge >= 0.3 is 0 Å². The first-order valence-corrected chi connectivity index (χ1v) is 6.99. The summed E-state index contributed by atoms with van der Waals surface area (Å²) in [4.78, 5) is 12.8. The maximum atomic E-state index is 5.65. The third-order valence-corrected chi connectivity index (χ3v) is 3.69. The van der Waals surface area contributed by atoms with Crippen molar-refractivity contribution < 1.29 is 4.74 Å². The van der Waals surface area contributed by atoms with Crippen molar-refractivity contribution in [3.8, 4) is 5.75 Å². The van der Waals surface area contributed by atoms with Crippen molar-refractivity contribution in [1.82, 2.24) is 9.97 Å². The molecule has 0 radical (unpaired) electrons. The van der Waals surface area contributed by atoms with Gasteiger partial charge in [0.25, 0.3) is 0 Å².